The van der Waals surface area contributed by atoms with Crippen LogP contribution in [0, 0.1) is 18.3 Å². The van der Waals surface area contributed by atoms with Gasteiger partial charge in [-0.25, -0.2) is 10.8 Å². The SMILES string of the molecule is C=C(NCC)C1=CCC2=C(C=C1)CC(C[C@@H](C)NCC(=O)N1CCCC1C#N)(C(N)=Nc1ccc(C)cc1)c1ccc(C(=O)N(C)N)cc1CC2. The first-order valence-electron chi connectivity index (χ1n) is 18.0. The molecule has 1 heterocycles. The molecule has 51 heavy (non-hydrogen) atoms. The summed E-state index contributed by atoms with van der Waals surface area (Å²) in [5.41, 5.74) is 15.3. The van der Waals surface area contributed by atoms with Crippen LogP contribution >= 0.6 is 0 Å². The standard InChI is InChI=1S/C41H52N8O2/c1-6-45-29(4)30-11-13-31-14-15-32-22-33(39(51)48(5)44)17-20-37(32)41(24-34(31)16-12-30,40(43)47-35-18-9-27(2)10-19-35)23-28(3)46-26-38(50)49-21-7-8-36(49)25-42/h9-12,16-20,22,28,36,45-46H,4,6-8,13-15,21,23-24,26,44H2,1-3,5H3,(H2,43,47)/t28-,36?,41?/m1/s1. The molecule has 10 heteroatoms. The fourth-order valence-corrected chi connectivity index (χ4v) is 7.57. The summed E-state index contributed by atoms with van der Waals surface area (Å²) in [6.45, 7) is 11.9. The van der Waals surface area contributed by atoms with Crippen molar-refractivity contribution in [1.82, 2.24) is 20.5 Å². The van der Waals surface area contributed by atoms with E-state index in [-0.39, 0.29) is 30.4 Å². The van der Waals surface area contributed by atoms with Gasteiger partial charge in [0.25, 0.3) is 5.91 Å². The number of amidine groups is 1. The van der Waals surface area contributed by atoms with Gasteiger partial charge in [-0.15, -0.1) is 0 Å². The predicted molar refractivity (Wildman–Crippen MR) is 204 cm³/mol. The average Bonchev–Trinajstić information content (AvgIpc) is 3.51. The van der Waals surface area contributed by atoms with Crippen LogP contribution in [0.3, 0.4) is 0 Å². The van der Waals surface area contributed by atoms with E-state index in [1.165, 1.54) is 11.1 Å². The molecule has 0 radical (unpaired) electrons. The first kappa shape index (κ1) is 37.3. The molecule has 0 saturated carbocycles. The zero-order valence-corrected chi connectivity index (χ0v) is 30.5. The fraction of sp³-hybridized carbons (Fsp3) is 0.415. The molecule has 5 rings (SSSR count). The molecule has 3 atom stereocenters. The molecular formula is C41H52N8O2. The summed E-state index contributed by atoms with van der Waals surface area (Å²) < 4.78 is 0. The number of fused-ring (bicyclic) bond motifs is 1. The van der Waals surface area contributed by atoms with Gasteiger partial charge in [0, 0.05) is 37.4 Å². The third-order valence-electron chi connectivity index (χ3n) is 10.4. The Hall–Kier alpha value is -4.98. The maximum absolute atomic E-state index is 13.3. The molecule has 10 nitrogen and oxygen atoms in total. The summed E-state index contributed by atoms with van der Waals surface area (Å²) in [5.74, 6) is 6.01. The lowest BCUT2D eigenvalue weighted by atomic mass is 9.66. The molecule has 2 amide bonds. The number of nitrogens with one attached hydrogen (secondary N) is 2. The molecule has 1 aliphatic heterocycles. The Balaban J connectivity index is 1.62. The smallest absolute Gasteiger partial charge is 0.267 e. The van der Waals surface area contributed by atoms with Crippen LogP contribution in [0.4, 0.5) is 5.69 Å². The second-order valence-electron chi connectivity index (χ2n) is 14.1. The minimum Gasteiger partial charge on any atom is -0.386 e. The highest BCUT2D eigenvalue weighted by molar-refractivity contribution is 5.97. The lowest BCUT2D eigenvalue weighted by molar-refractivity contribution is -0.130. The van der Waals surface area contributed by atoms with E-state index in [2.05, 4.69) is 55.4 Å². The van der Waals surface area contributed by atoms with Crippen LogP contribution in [0.5, 0.6) is 0 Å². The highest BCUT2D eigenvalue weighted by Crippen LogP contribution is 2.44. The molecule has 1 fully saturated rings. The maximum Gasteiger partial charge on any atom is 0.267 e. The Kier molecular flexibility index (Phi) is 12.0. The van der Waals surface area contributed by atoms with Crippen LogP contribution in [-0.2, 0) is 16.6 Å². The number of nitrogens with zero attached hydrogens (tertiary/aromatic N) is 4. The van der Waals surface area contributed by atoms with E-state index in [1.54, 1.807) is 11.9 Å². The van der Waals surface area contributed by atoms with Crippen molar-refractivity contribution >= 4 is 23.3 Å². The van der Waals surface area contributed by atoms with Gasteiger partial charge in [-0.3, -0.25) is 14.6 Å². The highest BCUT2D eigenvalue weighted by atomic mass is 16.2. The number of hydrazine groups is 1. The molecular weight excluding hydrogens is 637 g/mol. The van der Waals surface area contributed by atoms with Gasteiger partial charge in [0.1, 0.15) is 11.9 Å². The van der Waals surface area contributed by atoms with Crippen molar-refractivity contribution in [1.29, 1.82) is 5.26 Å². The normalized spacial score (nSPS) is 20.9. The second-order valence-corrected chi connectivity index (χ2v) is 14.1. The van der Waals surface area contributed by atoms with Gasteiger partial charge in [0.05, 0.1) is 23.7 Å². The first-order valence-corrected chi connectivity index (χ1v) is 18.0. The van der Waals surface area contributed by atoms with E-state index in [1.807, 2.05) is 49.4 Å². The highest BCUT2D eigenvalue weighted by Gasteiger charge is 2.42. The van der Waals surface area contributed by atoms with Crippen LogP contribution < -0.4 is 22.2 Å². The topological polar surface area (TPSA) is 153 Å². The number of likely N-dealkylation sites (N-methyl/N-ethyl adjacent to an activating group) is 1. The van der Waals surface area contributed by atoms with Crippen molar-refractivity contribution in [3.63, 3.8) is 0 Å². The van der Waals surface area contributed by atoms with Gasteiger partial charge < -0.3 is 21.3 Å². The van der Waals surface area contributed by atoms with Gasteiger partial charge in [0.2, 0.25) is 5.91 Å². The lowest BCUT2D eigenvalue weighted by Crippen LogP contribution is -2.49. The number of aliphatic imine (C=N–C) groups is 1. The summed E-state index contributed by atoms with van der Waals surface area (Å²) in [6, 6.07) is 15.5. The Morgan fingerprint density at radius 1 is 1.20 bits per heavy atom. The Morgan fingerprint density at radius 3 is 2.67 bits per heavy atom. The summed E-state index contributed by atoms with van der Waals surface area (Å²) >= 11 is 0. The van der Waals surface area contributed by atoms with Crippen LogP contribution in [-0.4, -0.2) is 66.3 Å². The molecule has 2 aromatic carbocycles. The van der Waals surface area contributed by atoms with Crippen LogP contribution in [0.15, 0.2) is 94.7 Å². The number of benzene rings is 2. The Labute approximate surface area is 302 Å². The quantitative estimate of drug-likeness (QED) is 0.0812. The minimum absolute atomic E-state index is 0.0791. The summed E-state index contributed by atoms with van der Waals surface area (Å²) in [6.07, 6.45) is 11.4. The fourth-order valence-electron chi connectivity index (χ4n) is 7.57. The number of allylic oxidation sites excluding steroid dienone is 5. The molecule has 6 N–H and O–H groups in total. The van der Waals surface area contributed by atoms with Gasteiger partial charge in [-0.1, -0.05) is 54.1 Å². The number of hydrogen-bond acceptors (Lipinski definition) is 7. The Bertz CT molecular complexity index is 1810. The summed E-state index contributed by atoms with van der Waals surface area (Å²) in [7, 11) is 1.55. The van der Waals surface area contributed by atoms with Crippen molar-refractivity contribution in [2.75, 3.05) is 26.7 Å². The van der Waals surface area contributed by atoms with Crippen molar-refractivity contribution < 1.29 is 9.59 Å². The number of rotatable bonds is 11. The summed E-state index contributed by atoms with van der Waals surface area (Å²) in [4.78, 5) is 33.2. The lowest BCUT2D eigenvalue weighted by Gasteiger charge is -2.40. The number of carbonyl (C=O) groups excluding carboxylic acids is 2. The van der Waals surface area contributed by atoms with Crippen LogP contribution in [0.2, 0.25) is 0 Å². The van der Waals surface area contributed by atoms with Gasteiger partial charge >= 0.3 is 0 Å². The van der Waals surface area contributed by atoms with Crippen molar-refractivity contribution in [2.24, 2.45) is 16.6 Å². The summed E-state index contributed by atoms with van der Waals surface area (Å²) in [5, 5.41) is 17.5. The van der Waals surface area contributed by atoms with Crippen molar-refractivity contribution in [2.45, 2.75) is 83.2 Å². The number of carbonyl (C=O) groups is 2. The first-order chi connectivity index (χ1) is 24.4. The molecule has 0 aromatic heterocycles. The van der Waals surface area contributed by atoms with Crippen molar-refractivity contribution in [3.05, 3.63) is 112 Å². The molecule has 3 aliphatic rings. The monoisotopic (exact) mass is 688 g/mol. The number of hydrogen-bond donors (Lipinski definition) is 4. The average molecular weight is 689 g/mol. The molecule has 268 valence electrons. The van der Waals surface area contributed by atoms with Crippen LogP contribution in [0.1, 0.15) is 79.4 Å². The van der Waals surface area contributed by atoms with E-state index in [0.717, 1.165) is 64.5 Å². The largest absolute Gasteiger partial charge is 0.386 e. The predicted octanol–water partition coefficient (Wildman–Crippen LogP) is 5.39. The molecule has 2 aliphatic carbocycles. The zero-order valence-electron chi connectivity index (χ0n) is 30.5. The Morgan fingerprint density at radius 2 is 1.96 bits per heavy atom. The number of aryl methyl sites for hydroxylation is 2. The number of amides is 2. The van der Waals surface area contributed by atoms with E-state index < -0.39 is 5.41 Å². The van der Waals surface area contributed by atoms with E-state index in [0.29, 0.717) is 43.6 Å². The number of nitrogens with two attached hydrogens (primary N) is 2. The van der Waals surface area contributed by atoms with Gasteiger partial charge in [-0.05, 0) is 112 Å². The third-order valence-corrected chi connectivity index (χ3v) is 10.4. The van der Waals surface area contributed by atoms with E-state index in [9.17, 15) is 14.9 Å². The minimum atomic E-state index is -0.816. The zero-order chi connectivity index (χ0) is 36.7. The van der Waals surface area contributed by atoms with Gasteiger partial charge in [0.15, 0.2) is 0 Å². The molecule has 1 saturated heterocycles. The van der Waals surface area contributed by atoms with Gasteiger partial charge in [-0.2, -0.15) is 5.26 Å². The number of nitriles is 1. The number of likely N-dealkylation sites (tertiary alicyclic amines) is 1. The van der Waals surface area contributed by atoms with Crippen molar-refractivity contribution in [3.8, 4) is 6.07 Å². The van der Waals surface area contributed by atoms with E-state index >= 15 is 0 Å². The van der Waals surface area contributed by atoms with Crippen LogP contribution in [0.25, 0.3) is 0 Å². The maximum atomic E-state index is 13.3. The van der Waals surface area contributed by atoms with E-state index in [4.69, 9.17) is 16.6 Å². The second kappa shape index (κ2) is 16.4. The third kappa shape index (κ3) is 8.50. The molecule has 0 spiro atoms. The molecule has 2 aromatic rings. The molecule has 0 bridgehead atoms. The molecule has 2 unspecified atom stereocenters.